The Morgan fingerprint density at radius 3 is 2.03 bits per heavy atom. The van der Waals surface area contributed by atoms with Crippen molar-refractivity contribution in [2.75, 3.05) is 34.4 Å². The molecule has 4 heteroatoms. The maximum atomic E-state index is 6.21. The van der Waals surface area contributed by atoms with Crippen molar-refractivity contribution in [3.05, 3.63) is 102 Å². The summed E-state index contributed by atoms with van der Waals surface area (Å²) in [5, 5.41) is 0. The van der Waals surface area contributed by atoms with Gasteiger partial charge < -0.3 is 19.1 Å². The molecule has 190 valence electrons. The second kappa shape index (κ2) is 11.5. The Kier molecular flexibility index (Phi) is 7.76. The number of benzene rings is 4. The van der Waals surface area contributed by atoms with E-state index in [2.05, 4.69) is 78.7 Å². The highest BCUT2D eigenvalue weighted by Gasteiger charge is 2.18. The monoisotopic (exact) mass is 493 g/mol. The lowest BCUT2D eigenvalue weighted by Gasteiger charge is -2.29. The fourth-order valence-electron chi connectivity index (χ4n) is 4.95. The first-order chi connectivity index (χ1) is 18.1. The van der Waals surface area contributed by atoms with E-state index in [0.717, 1.165) is 60.7 Å². The fraction of sp³-hybridized carbons (Fsp3) is 0.273. The number of hydrogen-bond donors (Lipinski definition) is 0. The van der Waals surface area contributed by atoms with Crippen LogP contribution in [-0.2, 0) is 6.42 Å². The van der Waals surface area contributed by atoms with Crippen molar-refractivity contribution in [3.8, 4) is 39.5 Å². The van der Waals surface area contributed by atoms with Gasteiger partial charge in [0, 0.05) is 18.7 Å². The first kappa shape index (κ1) is 24.9. The third-order valence-corrected chi connectivity index (χ3v) is 7.16. The molecule has 1 aliphatic rings. The molecule has 37 heavy (non-hydrogen) atoms. The zero-order valence-electron chi connectivity index (χ0n) is 21.9. The van der Waals surface area contributed by atoms with E-state index >= 15 is 0 Å². The number of nitrogens with zero attached hydrogens (tertiary/aromatic N) is 1. The quantitative estimate of drug-likeness (QED) is 0.262. The van der Waals surface area contributed by atoms with Gasteiger partial charge in [0.25, 0.3) is 0 Å². The average Bonchev–Trinajstić information content (AvgIpc) is 2.95. The lowest BCUT2D eigenvalue weighted by atomic mass is 9.97. The van der Waals surface area contributed by atoms with Crippen molar-refractivity contribution in [1.29, 1.82) is 0 Å². The molecule has 0 atom stereocenters. The van der Waals surface area contributed by atoms with Crippen LogP contribution in [0, 0.1) is 0 Å². The largest absolute Gasteiger partial charge is 0.497 e. The van der Waals surface area contributed by atoms with Crippen LogP contribution in [0.25, 0.3) is 22.3 Å². The van der Waals surface area contributed by atoms with Gasteiger partial charge in [-0.05, 0) is 90.5 Å². The van der Waals surface area contributed by atoms with Gasteiger partial charge in [0.2, 0.25) is 0 Å². The van der Waals surface area contributed by atoms with Gasteiger partial charge in [0.15, 0.2) is 0 Å². The standard InChI is InChI=1S/C33H35NO3/c1-34-19-17-30(18-20-34)37-29-14-12-27(13-15-29)26-10-7-24(8-11-26)21-25-9-16-33(36-3)32(22-25)28-5-4-6-31(23-28)35-2/h4-16,22-23,30H,17-21H2,1-3H3. The average molecular weight is 494 g/mol. The van der Waals surface area contributed by atoms with E-state index in [0.29, 0.717) is 6.10 Å². The third-order valence-electron chi connectivity index (χ3n) is 7.16. The molecular weight excluding hydrogens is 458 g/mol. The van der Waals surface area contributed by atoms with Crippen molar-refractivity contribution in [1.82, 2.24) is 4.90 Å². The van der Waals surface area contributed by atoms with Crippen LogP contribution < -0.4 is 14.2 Å². The van der Waals surface area contributed by atoms with Crippen molar-refractivity contribution in [2.45, 2.75) is 25.4 Å². The third kappa shape index (κ3) is 6.15. The van der Waals surface area contributed by atoms with Crippen LogP contribution in [0.1, 0.15) is 24.0 Å². The molecule has 1 saturated heterocycles. The van der Waals surface area contributed by atoms with E-state index < -0.39 is 0 Å². The molecule has 0 N–H and O–H groups in total. The van der Waals surface area contributed by atoms with Crippen LogP contribution in [0.4, 0.5) is 0 Å². The number of hydrogen-bond acceptors (Lipinski definition) is 4. The molecule has 0 radical (unpaired) electrons. The van der Waals surface area contributed by atoms with E-state index in [1.54, 1.807) is 14.2 Å². The molecule has 4 nitrogen and oxygen atoms in total. The van der Waals surface area contributed by atoms with Crippen molar-refractivity contribution < 1.29 is 14.2 Å². The number of piperidine rings is 1. The Hall–Kier alpha value is -3.76. The van der Waals surface area contributed by atoms with Crippen LogP contribution in [0.2, 0.25) is 0 Å². The summed E-state index contributed by atoms with van der Waals surface area (Å²) < 4.78 is 17.3. The second-order valence-corrected chi connectivity index (χ2v) is 9.79. The lowest BCUT2D eigenvalue weighted by Crippen LogP contribution is -2.35. The highest BCUT2D eigenvalue weighted by Crippen LogP contribution is 2.33. The van der Waals surface area contributed by atoms with E-state index in [9.17, 15) is 0 Å². The first-order valence-corrected chi connectivity index (χ1v) is 13.0. The van der Waals surface area contributed by atoms with Gasteiger partial charge in [-0.3, -0.25) is 0 Å². The first-order valence-electron chi connectivity index (χ1n) is 13.0. The van der Waals surface area contributed by atoms with Crippen LogP contribution >= 0.6 is 0 Å². The lowest BCUT2D eigenvalue weighted by molar-refractivity contribution is 0.114. The van der Waals surface area contributed by atoms with Gasteiger partial charge in [-0.25, -0.2) is 0 Å². The molecule has 0 aliphatic carbocycles. The van der Waals surface area contributed by atoms with Crippen LogP contribution in [0.15, 0.2) is 91.0 Å². The van der Waals surface area contributed by atoms with Gasteiger partial charge >= 0.3 is 0 Å². The SMILES string of the molecule is COc1cccc(-c2cc(Cc3ccc(-c4ccc(OC5CCN(C)CC5)cc4)cc3)ccc2OC)c1. The molecule has 0 saturated carbocycles. The molecule has 0 bridgehead atoms. The van der Waals surface area contributed by atoms with E-state index in [-0.39, 0.29) is 0 Å². The maximum absolute atomic E-state index is 6.21. The summed E-state index contributed by atoms with van der Waals surface area (Å²) in [5.74, 6) is 2.65. The molecule has 1 fully saturated rings. The Bertz CT molecular complexity index is 1310. The van der Waals surface area contributed by atoms with Crippen LogP contribution in [0.3, 0.4) is 0 Å². The molecule has 0 aromatic heterocycles. The van der Waals surface area contributed by atoms with Crippen molar-refractivity contribution in [2.24, 2.45) is 0 Å². The minimum Gasteiger partial charge on any atom is -0.497 e. The zero-order valence-corrected chi connectivity index (χ0v) is 21.9. The summed E-state index contributed by atoms with van der Waals surface area (Å²) in [6.07, 6.45) is 3.36. The molecule has 4 aromatic carbocycles. The van der Waals surface area contributed by atoms with Crippen LogP contribution in [0.5, 0.6) is 17.2 Å². The Labute approximate surface area is 220 Å². The number of rotatable bonds is 8. The molecule has 0 unspecified atom stereocenters. The zero-order chi connectivity index (χ0) is 25.6. The Morgan fingerprint density at radius 2 is 1.35 bits per heavy atom. The highest BCUT2D eigenvalue weighted by atomic mass is 16.5. The van der Waals surface area contributed by atoms with E-state index in [4.69, 9.17) is 14.2 Å². The molecule has 1 aliphatic heterocycles. The molecule has 0 spiro atoms. The number of ether oxygens (including phenoxy) is 3. The summed E-state index contributed by atoms with van der Waals surface area (Å²) in [4.78, 5) is 2.36. The highest BCUT2D eigenvalue weighted by molar-refractivity contribution is 5.72. The van der Waals surface area contributed by atoms with Crippen molar-refractivity contribution in [3.63, 3.8) is 0 Å². The predicted octanol–water partition coefficient (Wildman–Crippen LogP) is 7.10. The van der Waals surface area contributed by atoms with Crippen LogP contribution in [-0.4, -0.2) is 45.4 Å². The predicted molar refractivity (Wildman–Crippen MR) is 151 cm³/mol. The molecule has 5 rings (SSSR count). The van der Waals surface area contributed by atoms with Gasteiger partial charge in [-0.1, -0.05) is 54.6 Å². The van der Waals surface area contributed by atoms with Gasteiger partial charge in [-0.15, -0.1) is 0 Å². The number of methoxy groups -OCH3 is 2. The van der Waals surface area contributed by atoms with E-state index in [1.807, 2.05) is 24.3 Å². The summed E-state index contributed by atoms with van der Waals surface area (Å²) in [5.41, 5.74) is 7.07. The molecular formula is C33H35NO3. The topological polar surface area (TPSA) is 30.9 Å². The molecule has 0 amide bonds. The Morgan fingerprint density at radius 1 is 0.676 bits per heavy atom. The van der Waals surface area contributed by atoms with Gasteiger partial charge in [0.05, 0.1) is 14.2 Å². The summed E-state index contributed by atoms with van der Waals surface area (Å²) >= 11 is 0. The Balaban J connectivity index is 1.27. The fourth-order valence-corrected chi connectivity index (χ4v) is 4.95. The minimum atomic E-state index is 0.323. The smallest absolute Gasteiger partial charge is 0.126 e. The molecule has 1 heterocycles. The maximum Gasteiger partial charge on any atom is 0.126 e. The summed E-state index contributed by atoms with van der Waals surface area (Å²) in [7, 11) is 5.58. The van der Waals surface area contributed by atoms with E-state index in [1.165, 1.54) is 22.3 Å². The normalized spacial score (nSPS) is 14.4. The number of likely N-dealkylation sites (tertiary alicyclic amines) is 1. The summed E-state index contributed by atoms with van der Waals surface area (Å²) in [6.45, 7) is 2.21. The van der Waals surface area contributed by atoms with Crippen molar-refractivity contribution >= 4 is 0 Å². The minimum absolute atomic E-state index is 0.323. The van der Waals surface area contributed by atoms with Gasteiger partial charge in [-0.2, -0.15) is 0 Å². The molecule has 4 aromatic rings. The van der Waals surface area contributed by atoms with Gasteiger partial charge in [0.1, 0.15) is 23.4 Å². The second-order valence-electron chi connectivity index (χ2n) is 9.79. The summed E-state index contributed by atoms with van der Waals surface area (Å²) in [6, 6.07) is 31.8.